The summed E-state index contributed by atoms with van der Waals surface area (Å²) in [6.45, 7) is 2.59. The third kappa shape index (κ3) is 6.39. The van der Waals surface area contributed by atoms with Crippen molar-refractivity contribution in [1.29, 1.82) is 0 Å². The van der Waals surface area contributed by atoms with Gasteiger partial charge in [0.1, 0.15) is 18.5 Å². The molecule has 2 atom stereocenters. The summed E-state index contributed by atoms with van der Waals surface area (Å²) >= 11 is 0. The average Bonchev–Trinajstić information content (AvgIpc) is 3.29. The quantitative estimate of drug-likeness (QED) is 0.418. The van der Waals surface area contributed by atoms with Gasteiger partial charge in [-0.3, -0.25) is 0 Å². The van der Waals surface area contributed by atoms with Crippen molar-refractivity contribution in [2.45, 2.75) is 41.9 Å². The topological polar surface area (TPSA) is 135 Å². The van der Waals surface area contributed by atoms with Crippen LogP contribution >= 0.6 is 0 Å². The normalized spacial score (nSPS) is 20.7. The molecule has 0 radical (unpaired) electrons. The third-order valence-corrected chi connectivity index (χ3v) is 7.87. The first kappa shape index (κ1) is 25.6. The van der Waals surface area contributed by atoms with Crippen LogP contribution in [-0.2, 0) is 14.8 Å². The second-order valence-corrected chi connectivity index (χ2v) is 10.7. The largest absolute Gasteiger partial charge is 0.491 e. The highest BCUT2D eigenvalue weighted by Gasteiger charge is 2.43. The van der Waals surface area contributed by atoms with Crippen LogP contribution in [0.25, 0.3) is 0 Å². The fourth-order valence-electron chi connectivity index (χ4n) is 4.44. The monoisotopic (exact) mass is 507 g/mol. The molecule has 12 heteroatoms. The van der Waals surface area contributed by atoms with Crippen molar-refractivity contribution in [1.82, 2.24) is 20.0 Å². The van der Waals surface area contributed by atoms with E-state index in [9.17, 15) is 13.5 Å². The van der Waals surface area contributed by atoms with Gasteiger partial charge in [0.25, 0.3) is 0 Å². The molecule has 2 fully saturated rings. The van der Waals surface area contributed by atoms with E-state index >= 15 is 0 Å². The molecular weight excluding hydrogens is 474 g/mol. The van der Waals surface area contributed by atoms with Crippen LogP contribution in [0.2, 0.25) is 0 Å². The molecule has 3 heterocycles. The Balaban J connectivity index is 1.20. The Morgan fingerprint density at radius 1 is 1.31 bits per heavy atom. The summed E-state index contributed by atoms with van der Waals surface area (Å²) in [5.74, 6) is 1.61. The van der Waals surface area contributed by atoms with Gasteiger partial charge in [-0.05, 0) is 38.4 Å². The molecule has 1 aromatic carbocycles. The highest BCUT2D eigenvalue weighted by atomic mass is 32.2. The summed E-state index contributed by atoms with van der Waals surface area (Å²) < 4.78 is 43.2. The molecular formula is C23H33N5O6S. The summed E-state index contributed by atoms with van der Waals surface area (Å²) in [5, 5.41) is 13.7. The molecule has 0 amide bonds. The predicted octanol–water partition coefficient (Wildman–Crippen LogP) is 0.551. The number of ether oxygens (including phenoxy) is 3. The molecule has 3 N–H and O–H groups in total. The Hall–Kier alpha value is -2.51. The lowest BCUT2D eigenvalue weighted by Crippen LogP contribution is -2.45. The van der Waals surface area contributed by atoms with E-state index in [1.54, 1.807) is 31.5 Å². The lowest BCUT2D eigenvalue weighted by molar-refractivity contribution is -0.0152. The van der Waals surface area contributed by atoms with Gasteiger partial charge in [-0.2, -0.15) is 4.98 Å². The van der Waals surface area contributed by atoms with E-state index in [2.05, 4.69) is 24.9 Å². The van der Waals surface area contributed by atoms with Gasteiger partial charge in [0.2, 0.25) is 21.9 Å². The van der Waals surface area contributed by atoms with Crippen molar-refractivity contribution in [2.24, 2.45) is 0 Å². The maximum absolute atomic E-state index is 11.9. The number of hydrogen-bond acceptors (Lipinski definition) is 10. The van der Waals surface area contributed by atoms with E-state index in [1.807, 2.05) is 0 Å². The van der Waals surface area contributed by atoms with E-state index in [1.165, 1.54) is 19.2 Å². The Morgan fingerprint density at radius 2 is 2.11 bits per heavy atom. The smallest absolute Gasteiger partial charge is 0.240 e. The van der Waals surface area contributed by atoms with Crippen LogP contribution in [0.5, 0.6) is 11.6 Å². The number of aliphatic hydroxyl groups is 1. The van der Waals surface area contributed by atoms with Crippen molar-refractivity contribution in [3.8, 4) is 11.6 Å². The zero-order valence-corrected chi connectivity index (χ0v) is 20.8. The molecule has 2 saturated heterocycles. The second-order valence-electron chi connectivity index (χ2n) is 8.84. The minimum atomic E-state index is -3.55. The molecule has 4 rings (SSSR count). The first-order valence-electron chi connectivity index (χ1n) is 11.7. The minimum Gasteiger partial charge on any atom is -0.491 e. The molecule has 1 aromatic heterocycles. The van der Waals surface area contributed by atoms with E-state index in [0.717, 1.165) is 32.4 Å². The maximum atomic E-state index is 11.9. The zero-order valence-electron chi connectivity index (χ0n) is 20.0. The number of piperidine rings is 1. The van der Waals surface area contributed by atoms with Gasteiger partial charge in [-0.15, -0.1) is 0 Å². The van der Waals surface area contributed by atoms with Crippen molar-refractivity contribution < 1.29 is 27.7 Å². The first-order chi connectivity index (χ1) is 16.8. The summed E-state index contributed by atoms with van der Waals surface area (Å²) in [6, 6.07) is 8.06. The van der Waals surface area contributed by atoms with E-state index in [0.29, 0.717) is 30.7 Å². The van der Waals surface area contributed by atoms with Crippen LogP contribution in [0.4, 0.5) is 5.95 Å². The van der Waals surface area contributed by atoms with Crippen LogP contribution in [0.3, 0.4) is 0 Å². The van der Waals surface area contributed by atoms with E-state index in [-0.39, 0.29) is 23.1 Å². The number of sulfonamides is 1. The molecule has 0 saturated carbocycles. The van der Waals surface area contributed by atoms with Gasteiger partial charge >= 0.3 is 0 Å². The highest BCUT2D eigenvalue weighted by molar-refractivity contribution is 7.89. The molecule has 1 spiro atoms. The number of nitrogens with zero attached hydrogens (tertiary/aromatic N) is 3. The van der Waals surface area contributed by atoms with Gasteiger partial charge in [-0.25, -0.2) is 18.1 Å². The molecule has 192 valence electrons. The van der Waals surface area contributed by atoms with E-state index in [4.69, 9.17) is 14.2 Å². The van der Waals surface area contributed by atoms with Crippen LogP contribution in [0, 0.1) is 0 Å². The van der Waals surface area contributed by atoms with Gasteiger partial charge in [0.15, 0.2) is 0 Å². The van der Waals surface area contributed by atoms with E-state index < -0.39 is 16.1 Å². The number of aromatic nitrogens is 2. The standard InChI is InChI=1S/C23H33N5O6S/c1-24-35(30,31)20-5-3-4-19(12-20)33-16-18(29)14-26-17-13-23(34-15-17)7-10-28(11-8-23)22-25-9-6-21(27-22)32-2/h3-6,9,12,17-18,24,26,29H,7-8,10-11,13-16H2,1-2H3/t17-,18?/m1/s1. The SMILES string of the molecule is CNS(=O)(=O)c1cccc(OCC(O)CN[C@H]2COC3(CCN(c4nccc(OC)n4)CC3)C2)c1. The van der Waals surface area contributed by atoms with Crippen molar-refractivity contribution >= 4 is 16.0 Å². The molecule has 11 nitrogen and oxygen atoms in total. The number of rotatable bonds is 10. The lowest BCUT2D eigenvalue weighted by Gasteiger charge is -2.38. The summed E-state index contributed by atoms with van der Waals surface area (Å²) in [7, 11) is -0.604. The average molecular weight is 508 g/mol. The number of aliphatic hydroxyl groups excluding tert-OH is 1. The summed E-state index contributed by atoms with van der Waals surface area (Å²) in [6.07, 6.45) is 3.58. The minimum absolute atomic E-state index is 0.0459. The fourth-order valence-corrected chi connectivity index (χ4v) is 5.20. The molecule has 2 aromatic rings. The summed E-state index contributed by atoms with van der Waals surface area (Å²) in [4.78, 5) is 11.0. The maximum Gasteiger partial charge on any atom is 0.240 e. The molecule has 1 unspecified atom stereocenters. The molecule has 0 bridgehead atoms. The number of hydrogen-bond donors (Lipinski definition) is 3. The van der Waals surface area contributed by atoms with Crippen molar-refractivity contribution in [3.05, 3.63) is 36.5 Å². The number of methoxy groups -OCH3 is 1. The Morgan fingerprint density at radius 3 is 2.86 bits per heavy atom. The van der Waals surface area contributed by atoms with Crippen molar-refractivity contribution in [3.63, 3.8) is 0 Å². The van der Waals surface area contributed by atoms with Crippen molar-refractivity contribution in [2.75, 3.05) is 51.9 Å². The number of anilines is 1. The van der Waals surface area contributed by atoms with Crippen LogP contribution < -0.4 is 24.4 Å². The predicted molar refractivity (Wildman–Crippen MR) is 129 cm³/mol. The number of nitrogens with one attached hydrogen (secondary N) is 2. The summed E-state index contributed by atoms with van der Waals surface area (Å²) in [5.41, 5.74) is -0.173. The molecule has 2 aliphatic heterocycles. The van der Waals surface area contributed by atoms with Gasteiger partial charge < -0.3 is 29.5 Å². The molecule has 0 aliphatic carbocycles. The lowest BCUT2D eigenvalue weighted by atomic mass is 9.87. The molecule has 35 heavy (non-hydrogen) atoms. The fraction of sp³-hybridized carbons (Fsp3) is 0.565. The first-order valence-corrected chi connectivity index (χ1v) is 13.1. The van der Waals surface area contributed by atoms with Gasteiger partial charge in [-0.1, -0.05) is 6.07 Å². The Bertz CT molecular complexity index is 1090. The molecule has 2 aliphatic rings. The Labute approximate surface area is 205 Å². The number of benzene rings is 1. The van der Waals surface area contributed by atoms with Crippen LogP contribution in [0.15, 0.2) is 41.4 Å². The second kappa shape index (κ2) is 11.0. The Kier molecular flexibility index (Phi) is 8.07. The third-order valence-electron chi connectivity index (χ3n) is 6.46. The van der Waals surface area contributed by atoms with Gasteiger partial charge in [0.05, 0.1) is 24.2 Å². The highest BCUT2D eigenvalue weighted by Crippen LogP contribution is 2.36. The van der Waals surface area contributed by atoms with Gasteiger partial charge in [0, 0.05) is 44.0 Å². The van der Waals surface area contributed by atoms with Crippen LogP contribution in [-0.4, -0.2) is 88.2 Å². The van der Waals surface area contributed by atoms with Crippen LogP contribution in [0.1, 0.15) is 19.3 Å². The zero-order chi connectivity index (χ0) is 24.9.